The van der Waals surface area contributed by atoms with Crippen LogP contribution in [0.1, 0.15) is 31.2 Å². The second-order valence-corrected chi connectivity index (χ2v) is 5.47. The highest BCUT2D eigenvalue weighted by Crippen LogP contribution is 2.29. The van der Waals surface area contributed by atoms with Crippen molar-refractivity contribution in [3.8, 4) is 0 Å². The fourth-order valence-corrected chi connectivity index (χ4v) is 3.05. The number of rotatable bonds is 2. The van der Waals surface area contributed by atoms with E-state index in [0.29, 0.717) is 0 Å². The van der Waals surface area contributed by atoms with Crippen LogP contribution in [-0.2, 0) is 6.54 Å². The summed E-state index contributed by atoms with van der Waals surface area (Å²) in [6.07, 6.45) is 7.21. The smallest absolute Gasteiger partial charge is 0.135 e. The van der Waals surface area contributed by atoms with Crippen LogP contribution in [0.25, 0.3) is 11.0 Å². The average molecular weight is 264 g/mol. The lowest BCUT2D eigenvalue weighted by Crippen LogP contribution is -2.23. The molecule has 2 nitrogen and oxygen atoms in total. The normalized spacial score (nSPS) is 18.1. The molecule has 0 saturated carbocycles. The van der Waals surface area contributed by atoms with Gasteiger partial charge in [-0.2, -0.15) is 0 Å². The summed E-state index contributed by atoms with van der Waals surface area (Å²) in [4.78, 5) is 2.51. The Bertz CT molecular complexity index is 526. The molecular formula is C15H18ClNO. The first-order valence-electron chi connectivity index (χ1n) is 6.71. The first kappa shape index (κ1) is 12.1. The third-order valence-corrected chi connectivity index (χ3v) is 4.03. The van der Waals surface area contributed by atoms with E-state index in [0.717, 1.165) is 22.5 Å². The minimum absolute atomic E-state index is 0.797. The molecule has 96 valence electrons. The van der Waals surface area contributed by atoms with Crippen molar-refractivity contribution in [3.63, 3.8) is 0 Å². The Labute approximate surface area is 113 Å². The molecule has 0 atom stereocenters. The number of furan rings is 1. The molecule has 0 N–H and O–H groups in total. The van der Waals surface area contributed by atoms with Gasteiger partial charge in [-0.15, -0.1) is 0 Å². The van der Waals surface area contributed by atoms with Crippen molar-refractivity contribution >= 4 is 22.6 Å². The second kappa shape index (κ2) is 5.33. The van der Waals surface area contributed by atoms with Crippen LogP contribution in [0.2, 0.25) is 5.02 Å². The number of likely N-dealkylation sites (tertiary alicyclic amines) is 1. The average Bonchev–Trinajstić information content (AvgIpc) is 2.60. The van der Waals surface area contributed by atoms with Crippen molar-refractivity contribution in [3.05, 3.63) is 35.0 Å². The van der Waals surface area contributed by atoms with Crippen LogP contribution < -0.4 is 0 Å². The van der Waals surface area contributed by atoms with Gasteiger partial charge in [0.2, 0.25) is 0 Å². The Morgan fingerprint density at radius 2 is 1.89 bits per heavy atom. The van der Waals surface area contributed by atoms with Crippen LogP contribution in [0.5, 0.6) is 0 Å². The van der Waals surface area contributed by atoms with Crippen LogP contribution >= 0.6 is 11.6 Å². The van der Waals surface area contributed by atoms with Crippen LogP contribution in [0.15, 0.2) is 28.9 Å². The zero-order chi connectivity index (χ0) is 12.4. The summed E-state index contributed by atoms with van der Waals surface area (Å²) in [6.45, 7) is 3.34. The maximum absolute atomic E-state index is 6.27. The summed E-state index contributed by atoms with van der Waals surface area (Å²) in [5, 5.41) is 1.88. The molecule has 2 aromatic rings. The number of halogens is 1. The summed E-state index contributed by atoms with van der Waals surface area (Å²) in [6, 6.07) is 5.85. The topological polar surface area (TPSA) is 16.4 Å². The van der Waals surface area contributed by atoms with Crippen molar-refractivity contribution in [2.24, 2.45) is 0 Å². The molecule has 1 aliphatic rings. The highest BCUT2D eigenvalue weighted by molar-refractivity contribution is 6.35. The third-order valence-electron chi connectivity index (χ3n) is 3.72. The van der Waals surface area contributed by atoms with Crippen LogP contribution in [0.3, 0.4) is 0 Å². The highest BCUT2D eigenvalue weighted by atomic mass is 35.5. The van der Waals surface area contributed by atoms with Crippen molar-refractivity contribution in [1.82, 2.24) is 4.90 Å². The maximum Gasteiger partial charge on any atom is 0.135 e. The van der Waals surface area contributed by atoms with E-state index in [1.54, 1.807) is 0 Å². The molecule has 0 amide bonds. The molecule has 0 bridgehead atoms. The highest BCUT2D eigenvalue weighted by Gasteiger charge is 2.14. The van der Waals surface area contributed by atoms with Crippen molar-refractivity contribution in [1.29, 1.82) is 0 Å². The maximum atomic E-state index is 6.27. The fraction of sp³-hybridized carbons (Fsp3) is 0.467. The van der Waals surface area contributed by atoms with Gasteiger partial charge >= 0.3 is 0 Å². The minimum Gasteiger partial charge on any atom is -0.464 e. The summed E-state index contributed by atoms with van der Waals surface area (Å²) in [7, 11) is 0. The van der Waals surface area contributed by atoms with E-state index >= 15 is 0 Å². The second-order valence-electron chi connectivity index (χ2n) is 5.06. The van der Waals surface area contributed by atoms with Crippen molar-refractivity contribution in [2.75, 3.05) is 13.1 Å². The number of nitrogens with zero attached hydrogens (tertiary/aromatic N) is 1. The number of hydrogen-bond acceptors (Lipinski definition) is 2. The lowest BCUT2D eigenvalue weighted by molar-refractivity contribution is 0.277. The van der Waals surface area contributed by atoms with Gasteiger partial charge in [0.15, 0.2) is 0 Å². The molecule has 3 heteroatoms. The largest absolute Gasteiger partial charge is 0.464 e. The molecule has 1 fully saturated rings. The third kappa shape index (κ3) is 2.40. The van der Waals surface area contributed by atoms with E-state index in [-0.39, 0.29) is 0 Å². The lowest BCUT2D eigenvalue weighted by atomic mass is 10.1. The Hall–Kier alpha value is -0.990. The van der Waals surface area contributed by atoms with Gasteiger partial charge < -0.3 is 4.42 Å². The van der Waals surface area contributed by atoms with E-state index < -0.39 is 0 Å². The monoisotopic (exact) mass is 263 g/mol. The Kier molecular flexibility index (Phi) is 3.57. The molecule has 2 heterocycles. The zero-order valence-corrected chi connectivity index (χ0v) is 11.2. The predicted octanol–water partition coefficient (Wildman–Crippen LogP) is 4.46. The van der Waals surface area contributed by atoms with Crippen LogP contribution in [-0.4, -0.2) is 18.0 Å². The van der Waals surface area contributed by atoms with E-state index in [1.807, 2.05) is 24.5 Å². The molecular weight excluding hydrogens is 246 g/mol. The first-order chi connectivity index (χ1) is 8.84. The van der Waals surface area contributed by atoms with Gasteiger partial charge in [-0.25, -0.2) is 0 Å². The molecule has 1 aromatic carbocycles. The Morgan fingerprint density at radius 1 is 1.11 bits per heavy atom. The van der Waals surface area contributed by atoms with E-state index in [9.17, 15) is 0 Å². The van der Waals surface area contributed by atoms with E-state index in [1.165, 1.54) is 44.3 Å². The number of hydrogen-bond donors (Lipinski definition) is 0. The van der Waals surface area contributed by atoms with E-state index in [4.69, 9.17) is 16.0 Å². The quantitative estimate of drug-likeness (QED) is 0.795. The van der Waals surface area contributed by atoms with Crippen molar-refractivity contribution < 1.29 is 4.42 Å². The summed E-state index contributed by atoms with van der Waals surface area (Å²) in [5.74, 6) is 0. The van der Waals surface area contributed by atoms with Crippen molar-refractivity contribution in [2.45, 2.75) is 32.2 Å². The molecule has 3 rings (SSSR count). The fourth-order valence-electron chi connectivity index (χ4n) is 2.76. The molecule has 0 spiro atoms. The SMILES string of the molecule is Clc1cccc2occ(CN3CCCCCC3)c12. The van der Waals surface area contributed by atoms with Crippen LogP contribution in [0, 0.1) is 0 Å². The number of fused-ring (bicyclic) bond motifs is 1. The van der Waals surface area contributed by atoms with Gasteiger partial charge in [-0.3, -0.25) is 4.90 Å². The van der Waals surface area contributed by atoms with E-state index in [2.05, 4.69) is 4.90 Å². The molecule has 1 aromatic heterocycles. The standard InChI is InChI=1S/C15H18ClNO/c16-13-6-5-7-14-15(13)12(11-18-14)10-17-8-3-1-2-4-9-17/h5-7,11H,1-4,8-10H2. The van der Waals surface area contributed by atoms with Gasteiger partial charge in [0.1, 0.15) is 5.58 Å². The minimum atomic E-state index is 0.797. The predicted molar refractivity (Wildman–Crippen MR) is 75.0 cm³/mol. The molecule has 0 unspecified atom stereocenters. The summed E-state index contributed by atoms with van der Waals surface area (Å²) in [5.41, 5.74) is 2.12. The zero-order valence-electron chi connectivity index (χ0n) is 10.5. The Morgan fingerprint density at radius 3 is 2.67 bits per heavy atom. The molecule has 1 saturated heterocycles. The first-order valence-corrected chi connectivity index (χ1v) is 7.09. The lowest BCUT2D eigenvalue weighted by Gasteiger charge is -2.18. The number of benzene rings is 1. The Balaban J connectivity index is 1.85. The van der Waals surface area contributed by atoms with Gasteiger partial charge in [0, 0.05) is 17.5 Å². The summed E-state index contributed by atoms with van der Waals surface area (Å²) >= 11 is 6.27. The van der Waals surface area contributed by atoms with Gasteiger partial charge in [-0.1, -0.05) is 30.5 Å². The molecule has 0 radical (unpaired) electrons. The summed E-state index contributed by atoms with van der Waals surface area (Å²) < 4.78 is 5.59. The molecule has 1 aliphatic heterocycles. The van der Waals surface area contributed by atoms with Gasteiger partial charge in [0.25, 0.3) is 0 Å². The molecule has 18 heavy (non-hydrogen) atoms. The van der Waals surface area contributed by atoms with Gasteiger partial charge in [0.05, 0.1) is 11.3 Å². The van der Waals surface area contributed by atoms with Crippen LogP contribution in [0.4, 0.5) is 0 Å². The van der Waals surface area contributed by atoms with Gasteiger partial charge in [-0.05, 0) is 38.1 Å². The molecule has 0 aliphatic carbocycles.